The van der Waals surface area contributed by atoms with Crippen LogP contribution in [0.15, 0.2) is 24.3 Å². The van der Waals surface area contributed by atoms with Crippen molar-refractivity contribution in [3.8, 4) is 0 Å². The summed E-state index contributed by atoms with van der Waals surface area (Å²) in [4.78, 5) is 31.9. The van der Waals surface area contributed by atoms with Gasteiger partial charge in [-0.2, -0.15) is 0 Å². The molecule has 0 radical (unpaired) electrons. The number of carbonyl (C=O) groups excluding carboxylic acids is 2. The molecule has 1 amide bonds. The van der Waals surface area contributed by atoms with E-state index in [4.69, 9.17) is 4.74 Å². The highest BCUT2D eigenvalue weighted by molar-refractivity contribution is 7.91. The number of hydrogen-bond donors (Lipinski definition) is 0. The number of esters is 1. The molecule has 2 atom stereocenters. The summed E-state index contributed by atoms with van der Waals surface area (Å²) < 4.78 is 29.0. The summed E-state index contributed by atoms with van der Waals surface area (Å²) >= 11 is 0. The van der Waals surface area contributed by atoms with Crippen molar-refractivity contribution >= 4 is 32.6 Å². The Bertz CT molecular complexity index is 1100. The number of amides is 1. The van der Waals surface area contributed by atoms with Gasteiger partial charge in [-0.05, 0) is 44.2 Å². The normalized spacial score (nSPS) is 21.0. The molecule has 2 heterocycles. The molecule has 0 spiro atoms. The van der Waals surface area contributed by atoms with Gasteiger partial charge >= 0.3 is 5.97 Å². The van der Waals surface area contributed by atoms with Crippen molar-refractivity contribution in [2.45, 2.75) is 44.8 Å². The molecule has 1 aliphatic carbocycles. The lowest BCUT2D eigenvalue weighted by molar-refractivity contribution is -0.140. The lowest BCUT2D eigenvalue weighted by Crippen LogP contribution is -2.44. The number of nitrogens with zero attached hydrogens (tertiary/aromatic N) is 2. The largest absolute Gasteiger partial charge is 0.449 e. The van der Waals surface area contributed by atoms with E-state index >= 15 is 0 Å². The van der Waals surface area contributed by atoms with Crippen LogP contribution in [0.2, 0.25) is 0 Å². The zero-order valence-corrected chi connectivity index (χ0v) is 17.4. The number of fused-ring (bicyclic) bond motifs is 2. The van der Waals surface area contributed by atoms with E-state index < -0.39 is 27.8 Å². The predicted molar refractivity (Wildman–Crippen MR) is 108 cm³/mol. The minimum absolute atomic E-state index is 0.0432. The van der Waals surface area contributed by atoms with E-state index in [0.29, 0.717) is 12.0 Å². The second-order valence-electron chi connectivity index (χ2n) is 7.84. The highest BCUT2D eigenvalue weighted by Gasteiger charge is 2.35. The number of aromatic nitrogens is 1. The molecule has 0 unspecified atom stereocenters. The van der Waals surface area contributed by atoms with Crippen molar-refractivity contribution in [2.24, 2.45) is 0 Å². The quantitative estimate of drug-likeness (QED) is 0.707. The van der Waals surface area contributed by atoms with Gasteiger partial charge in [0.2, 0.25) is 0 Å². The van der Waals surface area contributed by atoms with Crippen molar-refractivity contribution < 1.29 is 22.7 Å². The van der Waals surface area contributed by atoms with E-state index in [1.165, 1.54) is 11.8 Å². The monoisotopic (exact) mass is 416 g/mol. The maximum Gasteiger partial charge on any atom is 0.339 e. The molecule has 7 nitrogen and oxygen atoms in total. The van der Waals surface area contributed by atoms with Gasteiger partial charge in [0.25, 0.3) is 5.91 Å². The SMILES string of the molecule is C[C@@H](OC(=O)c1c2c(nc3ccccc13)CCC2)C(=O)N(C)[C@@H]1CCS(=O)(=O)C1. The first kappa shape index (κ1) is 19.8. The van der Waals surface area contributed by atoms with Crippen LogP contribution < -0.4 is 0 Å². The molecule has 0 bridgehead atoms. The topological polar surface area (TPSA) is 93.6 Å². The summed E-state index contributed by atoms with van der Waals surface area (Å²) in [7, 11) is -1.54. The molecule has 29 heavy (non-hydrogen) atoms. The molecule has 2 aliphatic rings. The van der Waals surface area contributed by atoms with Crippen LogP contribution in [0.1, 0.15) is 41.4 Å². The maximum atomic E-state index is 13.1. The van der Waals surface area contributed by atoms with Crippen molar-refractivity contribution in [2.75, 3.05) is 18.6 Å². The molecule has 0 N–H and O–H groups in total. The molecule has 1 saturated heterocycles. The molecule has 1 aromatic carbocycles. The summed E-state index contributed by atoms with van der Waals surface area (Å²) in [5.41, 5.74) is 3.06. The summed E-state index contributed by atoms with van der Waals surface area (Å²) in [5, 5.41) is 0.730. The third-order valence-corrected chi connectivity index (χ3v) is 7.61. The standard InChI is InChI=1S/C21H24N2O5S/c1-13(20(24)23(2)14-10-11-29(26,27)12-14)28-21(25)19-15-6-3-4-8-17(15)22-18-9-5-7-16(18)19/h3-4,6,8,13-14H,5,7,9-12H2,1-2H3/t13-,14-/m1/s1. The van der Waals surface area contributed by atoms with Crippen LogP contribution in [0.4, 0.5) is 0 Å². The Morgan fingerprint density at radius 3 is 2.72 bits per heavy atom. The molecular weight excluding hydrogens is 392 g/mol. The highest BCUT2D eigenvalue weighted by atomic mass is 32.2. The Hall–Kier alpha value is -2.48. The van der Waals surface area contributed by atoms with Gasteiger partial charge in [0, 0.05) is 24.2 Å². The number of para-hydroxylation sites is 1. The lowest BCUT2D eigenvalue weighted by atomic mass is 10.0. The van der Waals surface area contributed by atoms with Crippen molar-refractivity contribution in [3.05, 3.63) is 41.1 Å². The zero-order chi connectivity index (χ0) is 20.8. The van der Waals surface area contributed by atoms with Crippen molar-refractivity contribution in [3.63, 3.8) is 0 Å². The number of carbonyl (C=O) groups is 2. The van der Waals surface area contributed by atoms with Crippen LogP contribution >= 0.6 is 0 Å². The molecule has 0 saturated carbocycles. The molecule has 1 aliphatic heterocycles. The number of hydrogen-bond acceptors (Lipinski definition) is 6. The third kappa shape index (κ3) is 3.73. The average molecular weight is 416 g/mol. The van der Waals surface area contributed by atoms with Crippen molar-refractivity contribution in [1.29, 1.82) is 0 Å². The van der Waals surface area contributed by atoms with E-state index in [9.17, 15) is 18.0 Å². The number of ether oxygens (including phenoxy) is 1. The van der Waals surface area contributed by atoms with Gasteiger partial charge < -0.3 is 9.64 Å². The van der Waals surface area contributed by atoms with Crippen molar-refractivity contribution in [1.82, 2.24) is 9.88 Å². The highest BCUT2D eigenvalue weighted by Crippen LogP contribution is 2.30. The number of aryl methyl sites for hydroxylation is 1. The summed E-state index contributed by atoms with van der Waals surface area (Å²) in [6.45, 7) is 1.53. The van der Waals surface area contributed by atoms with E-state index in [0.717, 1.165) is 41.4 Å². The molecule has 2 aromatic rings. The second kappa shape index (κ2) is 7.40. The molecule has 1 fully saturated rings. The second-order valence-corrected chi connectivity index (χ2v) is 10.1. The van der Waals surface area contributed by atoms with Gasteiger partial charge in [-0.25, -0.2) is 13.2 Å². The fraction of sp³-hybridized carbons (Fsp3) is 0.476. The number of sulfone groups is 1. The van der Waals surface area contributed by atoms with Gasteiger partial charge in [0.1, 0.15) is 0 Å². The van der Waals surface area contributed by atoms with E-state index in [1.807, 2.05) is 24.3 Å². The van der Waals surface area contributed by atoms with Crippen LogP contribution in [0.5, 0.6) is 0 Å². The van der Waals surface area contributed by atoms with Gasteiger partial charge in [-0.1, -0.05) is 18.2 Å². The van der Waals surface area contributed by atoms with Gasteiger partial charge in [-0.3, -0.25) is 9.78 Å². The Balaban J connectivity index is 1.56. The number of benzene rings is 1. The van der Waals surface area contributed by atoms with Crippen LogP contribution in [0.25, 0.3) is 10.9 Å². The van der Waals surface area contributed by atoms with E-state index in [2.05, 4.69) is 4.98 Å². The van der Waals surface area contributed by atoms with Crippen LogP contribution in [-0.4, -0.2) is 60.9 Å². The van der Waals surface area contributed by atoms with Crippen LogP contribution in [0, 0.1) is 0 Å². The zero-order valence-electron chi connectivity index (χ0n) is 16.6. The van der Waals surface area contributed by atoms with Gasteiger partial charge in [0.15, 0.2) is 15.9 Å². The fourth-order valence-electron chi connectivity index (χ4n) is 4.26. The minimum atomic E-state index is -3.11. The fourth-order valence-corrected chi connectivity index (χ4v) is 6.04. The summed E-state index contributed by atoms with van der Waals surface area (Å²) in [5.74, 6) is -0.887. The molecule has 154 valence electrons. The number of likely N-dealkylation sites (N-methyl/N-ethyl adjacent to an activating group) is 1. The predicted octanol–water partition coefficient (Wildman–Crippen LogP) is 1.91. The average Bonchev–Trinajstić information content (AvgIpc) is 3.30. The minimum Gasteiger partial charge on any atom is -0.449 e. The molecular formula is C21H24N2O5S. The Labute approximate surface area is 170 Å². The van der Waals surface area contributed by atoms with Crippen LogP contribution in [0.3, 0.4) is 0 Å². The first-order valence-corrected chi connectivity index (χ1v) is 11.7. The Kier molecular flexibility index (Phi) is 5.06. The Morgan fingerprint density at radius 2 is 2.00 bits per heavy atom. The summed E-state index contributed by atoms with van der Waals surface area (Å²) in [6.07, 6.45) is 1.94. The van der Waals surface area contributed by atoms with Gasteiger partial charge in [-0.15, -0.1) is 0 Å². The lowest BCUT2D eigenvalue weighted by Gasteiger charge is -2.26. The number of rotatable bonds is 4. The maximum absolute atomic E-state index is 13.1. The van der Waals surface area contributed by atoms with Gasteiger partial charge in [0.05, 0.1) is 22.6 Å². The molecule has 4 rings (SSSR count). The smallest absolute Gasteiger partial charge is 0.339 e. The first-order valence-electron chi connectivity index (χ1n) is 9.85. The number of pyridine rings is 1. The molecule has 8 heteroatoms. The third-order valence-electron chi connectivity index (χ3n) is 5.86. The molecule has 1 aromatic heterocycles. The van der Waals surface area contributed by atoms with Crippen LogP contribution in [-0.2, 0) is 32.2 Å². The first-order chi connectivity index (χ1) is 13.8. The Morgan fingerprint density at radius 1 is 1.24 bits per heavy atom. The summed E-state index contributed by atoms with van der Waals surface area (Å²) in [6, 6.07) is 7.07. The van der Waals surface area contributed by atoms with E-state index in [1.54, 1.807) is 7.05 Å². The van der Waals surface area contributed by atoms with E-state index in [-0.39, 0.29) is 17.5 Å².